The van der Waals surface area contributed by atoms with Crippen LogP contribution in [0.15, 0.2) is 24.3 Å². The van der Waals surface area contributed by atoms with Crippen LogP contribution in [0.25, 0.3) is 0 Å². The number of carbonyl (C=O) groups is 2. The number of hydrogen-bond donors (Lipinski definition) is 4. The zero-order valence-corrected chi connectivity index (χ0v) is 10.2. The van der Waals surface area contributed by atoms with Gasteiger partial charge in [0.05, 0.1) is 28.1 Å². The van der Waals surface area contributed by atoms with Crippen molar-refractivity contribution in [3.8, 4) is 11.5 Å². The number of carbonyl (C=O) groups excluding carboxylic acids is 2. The Morgan fingerprint density at radius 3 is 1.90 bits per heavy atom. The quantitative estimate of drug-likeness (QED) is 0.357. The maximum absolute atomic E-state index is 12.4. The molecule has 0 saturated heterocycles. The minimum atomic E-state index is -0.632. The normalized spacial score (nSPS) is 13.0. The molecule has 0 radical (unpaired) electrons. The minimum absolute atomic E-state index is 0.00533. The highest BCUT2D eigenvalue weighted by atomic mass is 16.3. The number of ketones is 2. The third kappa shape index (κ3) is 1.33. The maximum Gasteiger partial charge on any atom is 0.200 e. The molecule has 6 N–H and O–H groups in total. The number of phenols is 2. The number of phenolic OH excluding ortho intramolecular Hbond substituents is 2. The summed E-state index contributed by atoms with van der Waals surface area (Å²) in [5.41, 5.74) is 11.1. The van der Waals surface area contributed by atoms with E-state index in [-0.39, 0.29) is 45.1 Å². The highest BCUT2D eigenvalue weighted by Crippen LogP contribution is 2.40. The van der Waals surface area contributed by atoms with Gasteiger partial charge in [-0.05, 0) is 24.3 Å². The van der Waals surface area contributed by atoms with Gasteiger partial charge in [-0.2, -0.15) is 0 Å². The summed E-state index contributed by atoms with van der Waals surface area (Å²) < 4.78 is 0. The van der Waals surface area contributed by atoms with E-state index in [9.17, 15) is 19.8 Å². The fourth-order valence-electron chi connectivity index (χ4n) is 2.37. The molecule has 0 bridgehead atoms. The van der Waals surface area contributed by atoms with Gasteiger partial charge in [0.15, 0.2) is 5.78 Å². The monoisotopic (exact) mass is 270 g/mol. The van der Waals surface area contributed by atoms with Crippen LogP contribution < -0.4 is 11.5 Å². The van der Waals surface area contributed by atoms with Gasteiger partial charge in [-0.25, -0.2) is 0 Å². The summed E-state index contributed by atoms with van der Waals surface area (Å²) in [6.45, 7) is 0. The average Bonchev–Trinajstić information content (AvgIpc) is 2.41. The zero-order chi connectivity index (χ0) is 14.6. The van der Waals surface area contributed by atoms with Crippen LogP contribution in [0.4, 0.5) is 11.4 Å². The summed E-state index contributed by atoms with van der Waals surface area (Å²) in [6, 6.07) is 5.11. The molecule has 0 aliphatic heterocycles. The first-order valence-corrected chi connectivity index (χ1v) is 5.75. The molecular formula is C14H10N2O4. The van der Waals surface area contributed by atoms with E-state index in [0.29, 0.717) is 0 Å². The van der Waals surface area contributed by atoms with E-state index in [1.54, 1.807) is 0 Å². The second kappa shape index (κ2) is 3.74. The molecule has 6 heteroatoms. The molecule has 0 fully saturated rings. The number of nitrogens with two attached hydrogens (primary N) is 2. The lowest BCUT2D eigenvalue weighted by Gasteiger charge is -2.21. The standard InChI is InChI=1S/C14H10N2O4/c15-6-2-1-5-9(12(6)16)14(20)11-8(18)4-3-7(17)10(11)13(5)19/h1-4,17-18H,15-16H2. The smallest absolute Gasteiger partial charge is 0.200 e. The van der Waals surface area contributed by atoms with Crippen LogP contribution in [0.1, 0.15) is 31.8 Å². The highest BCUT2D eigenvalue weighted by Gasteiger charge is 2.36. The Bertz CT molecular complexity index is 792. The lowest BCUT2D eigenvalue weighted by atomic mass is 9.82. The molecule has 0 saturated carbocycles. The van der Waals surface area contributed by atoms with Crippen molar-refractivity contribution >= 4 is 22.9 Å². The third-order valence-corrected chi connectivity index (χ3v) is 3.37. The van der Waals surface area contributed by atoms with E-state index in [1.807, 2.05) is 0 Å². The SMILES string of the molecule is Nc1ccc2c(c1N)C(=O)c1c(O)ccc(O)c1C2=O. The molecule has 2 aromatic carbocycles. The molecular weight excluding hydrogens is 260 g/mol. The Labute approximate surface area is 113 Å². The summed E-state index contributed by atoms with van der Waals surface area (Å²) >= 11 is 0. The van der Waals surface area contributed by atoms with Crippen LogP contribution in [0.3, 0.4) is 0 Å². The Morgan fingerprint density at radius 2 is 1.30 bits per heavy atom. The number of nitrogen functional groups attached to an aromatic ring is 2. The van der Waals surface area contributed by atoms with Gasteiger partial charge >= 0.3 is 0 Å². The van der Waals surface area contributed by atoms with E-state index in [0.717, 1.165) is 12.1 Å². The van der Waals surface area contributed by atoms with Gasteiger partial charge in [0, 0.05) is 5.56 Å². The Kier molecular flexibility index (Phi) is 2.25. The topological polar surface area (TPSA) is 127 Å². The summed E-state index contributed by atoms with van der Waals surface area (Å²) in [5.74, 6) is -1.96. The van der Waals surface area contributed by atoms with Crippen LogP contribution >= 0.6 is 0 Å². The lowest BCUT2D eigenvalue weighted by molar-refractivity contribution is 0.0975. The van der Waals surface area contributed by atoms with Gasteiger partial charge in [-0.3, -0.25) is 9.59 Å². The van der Waals surface area contributed by atoms with E-state index in [1.165, 1.54) is 12.1 Å². The fourth-order valence-corrected chi connectivity index (χ4v) is 2.37. The summed E-state index contributed by atoms with van der Waals surface area (Å²) in [5, 5.41) is 19.6. The van der Waals surface area contributed by atoms with Crippen molar-refractivity contribution in [2.24, 2.45) is 0 Å². The molecule has 0 atom stereocenters. The fraction of sp³-hybridized carbons (Fsp3) is 0. The van der Waals surface area contributed by atoms with Crippen molar-refractivity contribution in [1.82, 2.24) is 0 Å². The second-order valence-corrected chi connectivity index (χ2v) is 4.50. The zero-order valence-electron chi connectivity index (χ0n) is 10.2. The van der Waals surface area contributed by atoms with E-state index < -0.39 is 11.6 Å². The minimum Gasteiger partial charge on any atom is -0.507 e. The summed E-state index contributed by atoms with van der Waals surface area (Å²) in [4.78, 5) is 24.8. The highest BCUT2D eigenvalue weighted by molar-refractivity contribution is 6.32. The van der Waals surface area contributed by atoms with Gasteiger partial charge in [0.25, 0.3) is 0 Å². The van der Waals surface area contributed by atoms with Gasteiger partial charge in [0.2, 0.25) is 5.78 Å². The molecule has 0 aromatic heterocycles. The number of benzene rings is 2. The summed E-state index contributed by atoms with van der Waals surface area (Å²) in [6.07, 6.45) is 0. The number of fused-ring (bicyclic) bond motifs is 2. The second-order valence-electron chi connectivity index (χ2n) is 4.50. The van der Waals surface area contributed by atoms with Crippen LogP contribution in [-0.4, -0.2) is 21.8 Å². The molecule has 3 rings (SSSR count). The first-order valence-electron chi connectivity index (χ1n) is 5.75. The van der Waals surface area contributed by atoms with Crippen LogP contribution in [0.5, 0.6) is 11.5 Å². The molecule has 0 unspecified atom stereocenters. The molecule has 0 heterocycles. The first kappa shape index (κ1) is 12.0. The third-order valence-electron chi connectivity index (χ3n) is 3.37. The van der Waals surface area contributed by atoms with Crippen molar-refractivity contribution in [1.29, 1.82) is 0 Å². The van der Waals surface area contributed by atoms with Crippen molar-refractivity contribution < 1.29 is 19.8 Å². The maximum atomic E-state index is 12.4. The predicted molar refractivity (Wildman–Crippen MR) is 71.9 cm³/mol. The van der Waals surface area contributed by atoms with Gasteiger partial charge in [-0.1, -0.05) is 0 Å². The van der Waals surface area contributed by atoms with Crippen molar-refractivity contribution in [2.45, 2.75) is 0 Å². The number of hydrogen-bond acceptors (Lipinski definition) is 6. The number of rotatable bonds is 0. The molecule has 0 spiro atoms. The molecule has 6 nitrogen and oxygen atoms in total. The Balaban J connectivity index is 2.43. The Morgan fingerprint density at radius 1 is 0.750 bits per heavy atom. The number of anilines is 2. The van der Waals surface area contributed by atoms with E-state index in [4.69, 9.17) is 11.5 Å². The van der Waals surface area contributed by atoms with Crippen molar-refractivity contribution in [2.75, 3.05) is 11.5 Å². The molecule has 20 heavy (non-hydrogen) atoms. The molecule has 2 aromatic rings. The van der Waals surface area contributed by atoms with Crippen molar-refractivity contribution in [3.63, 3.8) is 0 Å². The average molecular weight is 270 g/mol. The largest absolute Gasteiger partial charge is 0.507 e. The molecule has 1 aliphatic rings. The molecule has 100 valence electrons. The van der Waals surface area contributed by atoms with Crippen LogP contribution in [0.2, 0.25) is 0 Å². The van der Waals surface area contributed by atoms with Crippen LogP contribution in [0, 0.1) is 0 Å². The Hall–Kier alpha value is -3.02. The predicted octanol–water partition coefficient (Wildman–Crippen LogP) is 1.04. The molecule has 0 amide bonds. The van der Waals surface area contributed by atoms with Gasteiger partial charge < -0.3 is 21.7 Å². The number of aromatic hydroxyl groups is 2. The van der Waals surface area contributed by atoms with Gasteiger partial charge in [0.1, 0.15) is 11.5 Å². The summed E-state index contributed by atoms with van der Waals surface area (Å²) in [7, 11) is 0. The van der Waals surface area contributed by atoms with Crippen molar-refractivity contribution in [3.05, 3.63) is 46.5 Å². The van der Waals surface area contributed by atoms with Gasteiger partial charge in [-0.15, -0.1) is 0 Å². The lowest BCUT2D eigenvalue weighted by Crippen LogP contribution is -2.23. The van der Waals surface area contributed by atoms with E-state index in [2.05, 4.69) is 0 Å². The molecule has 1 aliphatic carbocycles. The van der Waals surface area contributed by atoms with E-state index >= 15 is 0 Å². The first-order chi connectivity index (χ1) is 9.43. The van der Waals surface area contributed by atoms with Crippen LogP contribution in [-0.2, 0) is 0 Å².